The summed E-state index contributed by atoms with van der Waals surface area (Å²) in [5.41, 5.74) is -0.883. The Kier molecular flexibility index (Phi) is 6.94. The second kappa shape index (κ2) is 8.69. The molecule has 0 aromatic heterocycles. The number of hydrogen-bond donors (Lipinski definition) is 2. The number of ether oxygens (including phenoxy) is 1. The van der Waals surface area contributed by atoms with Crippen molar-refractivity contribution >= 4 is 35.2 Å². The molecule has 1 rings (SSSR count). The van der Waals surface area contributed by atoms with Crippen LogP contribution in [0, 0.1) is 10.1 Å². The summed E-state index contributed by atoms with van der Waals surface area (Å²) in [7, 11) is 0. The second-order valence-corrected chi connectivity index (χ2v) is 4.74. The van der Waals surface area contributed by atoms with Crippen molar-refractivity contribution < 1.29 is 24.0 Å². The van der Waals surface area contributed by atoms with Gasteiger partial charge in [-0.05, 0) is 18.6 Å². The third kappa shape index (κ3) is 5.91. The maximum absolute atomic E-state index is 11.8. The Labute approximate surface area is 136 Å². The van der Waals surface area contributed by atoms with Crippen LogP contribution in [0.2, 0.25) is 5.02 Å². The topological polar surface area (TPSA) is 128 Å². The molecule has 0 aliphatic heterocycles. The van der Waals surface area contributed by atoms with E-state index in [1.165, 1.54) is 6.07 Å². The smallest absolute Gasteiger partial charge is 0.345 e. The highest BCUT2D eigenvalue weighted by atomic mass is 35.5. The molecule has 0 atom stereocenters. The number of imide groups is 1. The van der Waals surface area contributed by atoms with Gasteiger partial charge in [-0.3, -0.25) is 20.2 Å². The van der Waals surface area contributed by atoms with Crippen molar-refractivity contribution in [1.29, 1.82) is 0 Å². The molecule has 0 aliphatic rings. The monoisotopic (exact) mass is 343 g/mol. The highest BCUT2D eigenvalue weighted by Gasteiger charge is 2.22. The number of nitrogens with zero attached hydrogens (tertiary/aromatic N) is 1. The molecule has 0 saturated heterocycles. The molecule has 0 heterocycles. The van der Waals surface area contributed by atoms with Gasteiger partial charge in [0.2, 0.25) is 0 Å². The van der Waals surface area contributed by atoms with Crippen LogP contribution in [0.15, 0.2) is 18.2 Å². The lowest BCUT2D eigenvalue weighted by Gasteiger charge is -2.07. The number of nitrogens with one attached hydrogen (secondary N) is 2. The van der Waals surface area contributed by atoms with Gasteiger partial charge in [0.25, 0.3) is 11.6 Å². The van der Waals surface area contributed by atoms with Crippen LogP contribution in [0.1, 0.15) is 23.7 Å². The van der Waals surface area contributed by atoms with Crippen molar-refractivity contribution in [3.05, 3.63) is 38.9 Å². The van der Waals surface area contributed by atoms with Crippen molar-refractivity contribution in [1.82, 2.24) is 10.6 Å². The van der Waals surface area contributed by atoms with Crippen LogP contribution >= 0.6 is 11.6 Å². The van der Waals surface area contributed by atoms with E-state index in [0.29, 0.717) is 13.0 Å². The minimum atomic E-state index is -1.09. The lowest BCUT2D eigenvalue weighted by molar-refractivity contribution is -0.385. The van der Waals surface area contributed by atoms with Crippen molar-refractivity contribution in [3.8, 4) is 0 Å². The SMILES string of the molecule is CCCNC(=O)NC(=O)COC(=O)c1cc(Cl)ccc1[N+](=O)[O-]. The zero-order chi connectivity index (χ0) is 17.4. The molecule has 1 aromatic carbocycles. The summed E-state index contributed by atoms with van der Waals surface area (Å²) in [5.74, 6) is -1.96. The van der Waals surface area contributed by atoms with Crippen LogP contribution in [-0.4, -0.2) is 36.0 Å². The summed E-state index contributed by atoms with van der Waals surface area (Å²) < 4.78 is 4.65. The molecule has 23 heavy (non-hydrogen) atoms. The van der Waals surface area contributed by atoms with Crippen molar-refractivity contribution in [2.24, 2.45) is 0 Å². The van der Waals surface area contributed by atoms with Crippen molar-refractivity contribution in [2.45, 2.75) is 13.3 Å². The van der Waals surface area contributed by atoms with E-state index in [9.17, 15) is 24.5 Å². The number of halogens is 1. The Morgan fingerprint density at radius 1 is 1.35 bits per heavy atom. The number of urea groups is 1. The lowest BCUT2D eigenvalue weighted by Crippen LogP contribution is -2.41. The molecule has 0 aliphatic carbocycles. The molecule has 1 aromatic rings. The third-order valence-corrected chi connectivity index (χ3v) is 2.73. The Balaban J connectivity index is 2.63. The first-order valence-electron chi connectivity index (χ1n) is 6.54. The number of nitro groups is 1. The van der Waals surface area contributed by atoms with E-state index in [4.69, 9.17) is 11.6 Å². The number of carbonyl (C=O) groups is 3. The van der Waals surface area contributed by atoms with E-state index in [1.807, 2.05) is 12.2 Å². The zero-order valence-corrected chi connectivity index (χ0v) is 12.9. The van der Waals surface area contributed by atoms with E-state index >= 15 is 0 Å². The lowest BCUT2D eigenvalue weighted by atomic mass is 10.2. The fourth-order valence-corrected chi connectivity index (χ4v) is 1.66. The molecule has 3 amide bonds. The molecule has 0 fully saturated rings. The summed E-state index contributed by atoms with van der Waals surface area (Å²) in [5, 5.41) is 15.3. The molecule has 0 radical (unpaired) electrons. The molecular weight excluding hydrogens is 330 g/mol. The van der Waals surface area contributed by atoms with Crippen molar-refractivity contribution in [2.75, 3.05) is 13.2 Å². The van der Waals surface area contributed by atoms with Gasteiger partial charge in [0.15, 0.2) is 6.61 Å². The number of amides is 3. The summed E-state index contributed by atoms with van der Waals surface area (Å²) in [6, 6.07) is 2.65. The average molecular weight is 344 g/mol. The Bertz CT molecular complexity index is 634. The second-order valence-electron chi connectivity index (χ2n) is 4.30. The van der Waals surface area contributed by atoms with Crippen LogP contribution in [0.25, 0.3) is 0 Å². The van der Waals surface area contributed by atoms with Crippen LogP contribution in [-0.2, 0) is 9.53 Å². The highest BCUT2D eigenvalue weighted by Crippen LogP contribution is 2.23. The molecule has 2 N–H and O–H groups in total. The molecule has 0 saturated carbocycles. The molecule has 0 bridgehead atoms. The average Bonchev–Trinajstić information content (AvgIpc) is 2.50. The number of benzene rings is 1. The van der Waals surface area contributed by atoms with Gasteiger partial charge in [0.1, 0.15) is 5.56 Å². The fraction of sp³-hybridized carbons (Fsp3) is 0.308. The first-order valence-corrected chi connectivity index (χ1v) is 6.91. The molecule has 9 nitrogen and oxygen atoms in total. The van der Waals surface area contributed by atoms with E-state index in [1.54, 1.807) is 0 Å². The van der Waals surface area contributed by atoms with Gasteiger partial charge in [-0.2, -0.15) is 0 Å². The van der Waals surface area contributed by atoms with Crippen LogP contribution in [0.5, 0.6) is 0 Å². The molecular formula is C13H14ClN3O6. The van der Waals surface area contributed by atoms with Gasteiger partial charge < -0.3 is 10.1 Å². The molecule has 0 unspecified atom stereocenters. The van der Waals surface area contributed by atoms with E-state index in [0.717, 1.165) is 12.1 Å². The Morgan fingerprint density at radius 2 is 2.04 bits per heavy atom. The quantitative estimate of drug-likeness (QED) is 0.459. The number of hydrogen-bond acceptors (Lipinski definition) is 6. The Hall–Kier alpha value is -2.68. The largest absolute Gasteiger partial charge is 0.452 e. The Morgan fingerprint density at radius 3 is 2.65 bits per heavy atom. The van der Waals surface area contributed by atoms with Gasteiger partial charge in [-0.25, -0.2) is 9.59 Å². The van der Waals surface area contributed by atoms with E-state index < -0.39 is 35.1 Å². The maximum atomic E-state index is 11.8. The van der Waals surface area contributed by atoms with Gasteiger partial charge >= 0.3 is 12.0 Å². The van der Waals surface area contributed by atoms with Gasteiger partial charge in [0, 0.05) is 17.6 Å². The van der Waals surface area contributed by atoms with E-state index in [2.05, 4.69) is 10.1 Å². The van der Waals surface area contributed by atoms with Crippen LogP contribution in [0.4, 0.5) is 10.5 Å². The van der Waals surface area contributed by atoms with Gasteiger partial charge in [0.05, 0.1) is 4.92 Å². The van der Waals surface area contributed by atoms with Crippen molar-refractivity contribution in [3.63, 3.8) is 0 Å². The predicted octanol–water partition coefficient (Wildman–Crippen LogP) is 1.64. The number of esters is 1. The van der Waals surface area contributed by atoms with Crippen LogP contribution < -0.4 is 10.6 Å². The molecule has 10 heteroatoms. The van der Waals surface area contributed by atoms with Crippen LogP contribution in [0.3, 0.4) is 0 Å². The zero-order valence-electron chi connectivity index (χ0n) is 12.1. The van der Waals surface area contributed by atoms with Gasteiger partial charge in [-0.1, -0.05) is 18.5 Å². The predicted molar refractivity (Wildman–Crippen MR) is 80.2 cm³/mol. The number of carbonyl (C=O) groups excluding carboxylic acids is 3. The van der Waals surface area contributed by atoms with E-state index in [-0.39, 0.29) is 10.6 Å². The highest BCUT2D eigenvalue weighted by molar-refractivity contribution is 6.31. The standard InChI is InChI=1S/C13H14ClN3O6/c1-2-5-15-13(20)16-11(18)7-23-12(19)9-6-8(14)3-4-10(9)17(21)22/h3-4,6H,2,5,7H2,1H3,(H2,15,16,18,20). The summed E-state index contributed by atoms with van der Waals surface area (Å²) in [6.07, 6.45) is 0.690. The first-order chi connectivity index (χ1) is 10.8. The molecule has 124 valence electrons. The number of rotatable bonds is 6. The first kappa shape index (κ1) is 18.4. The summed E-state index contributed by atoms with van der Waals surface area (Å²) in [4.78, 5) is 44.5. The minimum absolute atomic E-state index is 0.103. The molecule has 0 spiro atoms. The third-order valence-electron chi connectivity index (χ3n) is 2.50. The summed E-state index contributed by atoms with van der Waals surface area (Å²) in [6.45, 7) is 1.46. The van der Waals surface area contributed by atoms with Gasteiger partial charge in [-0.15, -0.1) is 0 Å². The summed E-state index contributed by atoms with van der Waals surface area (Å²) >= 11 is 5.68. The maximum Gasteiger partial charge on any atom is 0.345 e. The fourth-order valence-electron chi connectivity index (χ4n) is 1.49. The minimum Gasteiger partial charge on any atom is -0.452 e. The number of nitro benzene ring substituents is 1. The normalized spacial score (nSPS) is 9.83.